The maximum absolute atomic E-state index is 13.5. The molecule has 1 aliphatic heterocycles. The van der Waals surface area contributed by atoms with Crippen molar-refractivity contribution in [2.45, 2.75) is 32.0 Å². The summed E-state index contributed by atoms with van der Waals surface area (Å²) >= 11 is 0. The molecule has 2 aromatic carbocycles. The number of nitrogens with zero attached hydrogens (tertiary/aromatic N) is 1. The Hall–Kier alpha value is -3.34. The number of esters is 1. The molecule has 0 saturated carbocycles. The molecule has 1 aromatic heterocycles. The maximum atomic E-state index is 13.5. The third-order valence-corrected chi connectivity index (χ3v) is 4.97. The van der Waals surface area contributed by atoms with Crippen molar-refractivity contribution >= 4 is 11.9 Å². The topological polar surface area (TPSA) is 59.8 Å². The van der Waals surface area contributed by atoms with Gasteiger partial charge in [0, 0.05) is 13.0 Å². The van der Waals surface area contributed by atoms with E-state index in [1.165, 1.54) is 0 Å². The summed E-state index contributed by atoms with van der Waals surface area (Å²) in [7, 11) is 0. The molecule has 0 fully saturated rings. The highest BCUT2D eigenvalue weighted by atomic mass is 16.6. The lowest BCUT2D eigenvalue weighted by molar-refractivity contribution is -0.152. The normalized spacial score (nSPS) is 18.2. The average Bonchev–Trinajstić information content (AvgIpc) is 3.21. The molecule has 1 atom stereocenters. The molecule has 1 aliphatic rings. The predicted octanol–water partition coefficient (Wildman–Crippen LogP) is 3.98. The second-order valence-corrected chi connectivity index (χ2v) is 7.18. The zero-order valence-electron chi connectivity index (χ0n) is 15.6. The highest BCUT2D eigenvalue weighted by Gasteiger charge is 2.45. The Labute approximate surface area is 163 Å². The van der Waals surface area contributed by atoms with Crippen molar-refractivity contribution < 1.29 is 18.7 Å². The van der Waals surface area contributed by atoms with E-state index in [0.717, 1.165) is 11.1 Å². The molecule has 0 bridgehead atoms. The number of rotatable bonds is 5. The van der Waals surface area contributed by atoms with Crippen LogP contribution < -0.4 is 0 Å². The smallest absolute Gasteiger partial charge is 0.339 e. The van der Waals surface area contributed by atoms with Crippen molar-refractivity contribution in [3.63, 3.8) is 0 Å². The highest BCUT2D eigenvalue weighted by Crippen LogP contribution is 2.30. The minimum Gasteiger partial charge on any atom is -0.467 e. The first kappa shape index (κ1) is 18.0. The van der Waals surface area contributed by atoms with Gasteiger partial charge in [-0.2, -0.15) is 0 Å². The van der Waals surface area contributed by atoms with Crippen LogP contribution in [0.25, 0.3) is 0 Å². The van der Waals surface area contributed by atoms with Crippen LogP contribution in [-0.2, 0) is 29.0 Å². The molecular weight excluding hydrogens is 354 g/mol. The number of fused-ring (bicyclic) bond motifs is 1. The number of carbonyl (C=O) groups is 2. The van der Waals surface area contributed by atoms with E-state index in [-0.39, 0.29) is 5.91 Å². The van der Waals surface area contributed by atoms with Gasteiger partial charge in [-0.05, 0) is 36.2 Å². The molecular formula is C23H21NO4. The largest absolute Gasteiger partial charge is 0.467 e. The van der Waals surface area contributed by atoms with Gasteiger partial charge in [-0.3, -0.25) is 4.79 Å². The van der Waals surface area contributed by atoms with Gasteiger partial charge in [0.25, 0.3) is 5.91 Å². The first-order valence-electron chi connectivity index (χ1n) is 9.22. The van der Waals surface area contributed by atoms with E-state index < -0.39 is 11.6 Å². The van der Waals surface area contributed by atoms with Crippen molar-refractivity contribution in [1.29, 1.82) is 0 Å². The first-order chi connectivity index (χ1) is 13.5. The van der Waals surface area contributed by atoms with Crippen LogP contribution in [0.3, 0.4) is 0 Å². The third kappa shape index (κ3) is 3.56. The summed E-state index contributed by atoms with van der Waals surface area (Å²) in [6.45, 7) is 2.38. The Morgan fingerprint density at radius 1 is 1.00 bits per heavy atom. The van der Waals surface area contributed by atoms with Gasteiger partial charge in [0.1, 0.15) is 5.76 Å². The fourth-order valence-electron chi connectivity index (χ4n) is 3.58. The number of hydrogen-bond donors (Lipinski definition) is 0. The first-order valence-corrected chi connectivity index (χ1v) is 9.22. The molecule has 3 aromatic rings. The van der Waals surface area contributed by atoms with E-state index in [0.29, 0.717) is 30.8 Å². The molecule has 4 rings (SSSR count). The van der Waals surface area contributed by atoms with E-state index in [1.54, 1.807) is 36.3 Å². The summed E-state index contributed by atoms with van der Waals surface area (Å²) in [6, 6.07) is 20.6. The number of cyclic esters (lactones) is 1. The molecule has 0 saturated heterocycles. The van der Waals surface area contributed by atoms with Crippen LogP contribution in [0.2, 0.25) is 0 Å². The zero-order valence-corrected chi connectivity index (χ0v) is 15.6. The van der Waals surface area contributed by atoms with E-state index in [1.807, 2.05) is 48.5 Å². The molecule has 1 unspecified atom stereocenters. The second-order valence-electron chi connectivity index (χ2n) is 7.18. The van der Waals surface area contributed by atoms with Crippen LogP contribution in [0.15, 0.2) is 77.4 Å². The number of benzene rings is 2. The second kappa shape index (κ2) is 7.35. The Balaban J connectivity index is 1.63. The van der Waals surface area contributed by atoms with Crippen LogP contribution in [0.4, 0.5) is 0 Å². The standard InChI is InChI=1S/C23H21NO4/c1-23(14-18-10-5-6-12-20(18)21(25)28-23)22(26)24(16-19-11-7-13-27-19)15-17-8-3-2-4-9-17/h2-13H,14-16H2,1H3. The Kier molecular flexibility index (Phi) is 4.74. The van der Waals surface area contributed by atoms with E-state index in [9.17, 15) is 9.59 Å². The van der Waals surface area contributed by atoms with E-state index in [2.05, 4.69) is 0 Å². The Bertz CT molecular complexity index is 981. The van der Waals surface area contributed by atoms with Gasteiger partial charge >= 0.3 is 5.97 Å². The highest BCUT2D eigenvalue weighted by molar-refractivity contribution is 5.97. The number of carbonyl (C=O) groups excluding carboxylic acids is 2. The summed E-state index contributed by atoms with van der Waals surface area (Å²) in [5.41, 5.74) is 1.08. The summed E-state index contributed by atoms with van der Waals surface area (Å²) in [5, 5.41) is 0. The summed E-state index contributed by atoms with van der Waals surface area (Å²) in [6.07, 6.45) is 1.93. The third-order valence-electron chi connectivity index (χ3n) is 4.97. The van der Waals surface area contributed by atoms with Crippen LogP contribution in [0.1, 0.15) is 34.2 Å². The minimum absolute atomic E-state index is 0.240. The Morgan fingerprint density at radius 2 is 1.75 bits per heavy atom. The fraction of sp³-hybridized carbons (Fsp3) is 0.217. The summed E-state index contributed by atoms with van der Waals surface area (Å²) in [4.78, 5) is 27.7. The lowest BCUT2D eigenvalue weighted by Gasteiger charge is -2.37. The number of furan rings is 1. The van der Waals surface area contributed by atoms with Gasteiger partial charge in [-0.1, -0.05) is 48.5 Å². The van der Waals surface area contributed by atoms with Gasteiger partial charge in [0.05, 0.1) is 18.4 Å². The quantitative estimate of drug-likeness (QED) is 0.633. The minimum atomic E-state index is -1.26. The molecule has 0 spiro atoms. The number of hydrogen-bond acceptors (Lipinski definition) is 4. The maximum Gasteiger partial charge on any atom is 0.339 e. The molecule has 1 amide bonds. The number of amides is 1. The fourth-order valence-corrected chi connectivity index (χ4v) is 3.58. The molecule has 0 radical (unpaired) electrons. The van der Waals surface area contributed by atoms with Crippen molar-refractivity contribution in [3.8, 4) is 0 Å². The van der Waals surface area contributed by atoms with Gasteiger partial charge in [0.15, 0.2) is 5.60 Å². The van der Waals surface area contributed by atoms with Gasteiger partial charge in [0.2, 0.25) is 0 Å². The SMILES string of the molecule is CC1(C(=O)N(Cc2ccccc2)Cc2ccco2)Cc2ccccc2C(=O)O1. The van der Waals surface area contributed by atoms with Crippen molar-refractivity contribution in [2.24, 2.45) is 0 Å². The molecule has 5 nitrogen and oxygen atoms in total. The average molecular weight is 375 g/mol. The van der Waals surface area contributed by atoms with Crippen LogP contribution in [0.5, 0.6) is 0 Å². The van der Waals surface area contributed by atoms with E-state index >= 15 is 0 Å². The molecule has 0 N–H and O–H groups in total. The molecule has 142 valence electrons. The van der Waals surface area contributed by atoms with Crippen molar-refractivity contribution in [2.75, 3.05) is 0 Å². The predicted molar refractivity (Wildman–Crippen MR) is 103 cm³/mol. The molecule has 0 aliphatic carbocycles. The monoisotopic (exact) mass is 375 g/mol. The van der Waals surface area contributed by atoms with Crippen molar-refractivity contribution in [3.05, 3.63) is 95.4 Å². The summed E-state index contributed by atoms with van der Waals surface area (Å²) < 4.78 is 11.1. The Morgan fingerprint density at radius 3 is 2.50 bits per heavy atom. The molecule has 28 heavy (non-hydrogen) atoms. The van der Waals surface area contributed by atoms with E-state index in [4.69, 9.17) is 9.15 Å². The van der Waals surface area contributed by atoms with Gasteiger partial charge in [-0.25, -0.2) is 4.79 Å². The lowest BCUT2D eigenvalue weighted by Crippen LogP contribution is -2.52. The molecule has 5 heteroatoms. The van der Waals surface area contributed by atoms with Crippen LogP contribution >= 0.6 is 0 Å². The lowest BCUT2D eigenvalue weighted by atomic mass is 9.88. The number of ether oxygens (including phenoxy) is 1. The zero-order chi connectivity index (χ0) is 19.6. The van der Waals surface area contributed by atoms with Crippen molar-refractivity contribution in [1.82, 2.24) is 4.90 Å². The van der Waals surface area contributed by atoms with Gasteiger partial charge in [-0.15, -0.1) is 0 Å². The van der Waals surface area contributed by atoms with Crippen LogP contribution in [-0.4, -0.2) is 22.4 Å². The summed E-state index contributed by atoms with van der Waals surface area (Å²) in [5.74, 6) is -0.0265. The van der Waals surface area contributed by atoms with Crippen LogP contribution in [0, 0.1) is 0 Å². The van der Waals surface area contributed by atoms with Gasteiger partial charge < -0.3 is 14.1 Å². The molecule has 2 heterocycles.